The zero-order valence-corrected chi connectivity index (χ0v) is 16.6. The Morgan fingerprint density at radius 2 is 1.96 bits per heavy atom. The summed E-state index contributed by atoms with van der Waals surface area (Å²) < 4.78 is 2.94. The second-order valence-corrected chi connectivity index (χ2v) is 7.89. The number of thiazole rings is 1. The molecule has 138 valence electrons. The summed E-state index contributed by atoms with van der Waals surface area (Å²) in [5.74, 6) is -0.0404. The van der Waals surface area contributed by atoms with E-state index >= 15 is 0 Å². The number of aromatic nitrogens is 4. The van der Waals surface area contributed by atoms with E-state index in [4.69, 9.17) is 0 Å². The van der Waals surface area contributed by atoms with Crippen LogP contribution in [0.3, 0.4) is 0 Å². The Kier molecular flexibility index (Phi) is 4.39. The van der Waals surface area contributed by atoms with Gasteiger partial charge < -0.3 is 5.32 Å². The van der Waals surface area contributed by atoms with E-state index in [0.29, 0.717) is 18.0 Å². The van der Waals surface area contributed by atoms with Gasteiger partial charge in [-0.15, -0.1) is 0 Å². The number of nitrogens with zero attached hydrogens (tertiary/aromatic N) is 4. The van der Waals surface area contributed by atoms with Gasteiger partial charge >= 0.3 is 0 Å². The fraction of sp³-hybridized carbons (Fsp3) is 0.300. The van der Waals surface area contributed by atoms with E-state index in [1.165, 1.54) is 16.9 Å². The van der Waals surface area contributed by atoms with E-state index in [2.05, 4.69) is 26.4 Å². The van der Waals surface area contributed by atoms with Crippen molar-refractivity contribution < 1.29 is 4.79 Å². The fourth-order valence-electron chi connectivity index (χ4n) is 3.31. The highest BCUT2D eigenvalue weighted by Gasteiger charge is 2.14. The number of hydrogen-bond donors (Lipinski definition) is 1. The first-order valence-corrected chi connectivity index (χ1v) is 9.72. The van der Waals surface area contributed by atoms with Gasteiger partial charge in [0.2, 0.25) is 5.91 Å². The van der Waals surface area contributed by atoms with Crippen LogP contribution in [0, 0.1) is 27.7 Å². The Hall–Kier alpha value is -2.80. The summed E-state index contributed by atoms with van der Waals surface area (Å²) in [6.45, 7) is 8.01. The maximum absolute atomic E-state index is 12.4. The lowest BCUT2D eigenvalue weighted by Gasteiger charge is -2.10. The second kappa shape index (κ2) is 6.74. The van der Waals surface area contributed by atoms with Crippen molar-refractivity contribution in [3.05, 3.63) is 52.5 Å². The van der Waals surface area contributed by atoms with Crippen molar-refractivity contribution in [1.29, 1.82) is 0 Å². The SMILES string of the molecule is Cc1ccc2nc(NC(=O)CCc3c(C)nc4cc(C)nn4c3C)sc2c1. The molecule has 3 heterocycles. The summed E-state index contributed by atoms with van der Waals surface area (Å²) in [5.41, 5.74) is 6.94. The molecule has 4 aromatic rings. The van der Waals surface area contributed by atoms with Crippen LogP contribution in [0.5, 0.6) is 0 Å². The van der Waals surface area contributed by atoms with Gasteiger partial charge in [-0.2, -0.15) is 5.10 Å². The van der Waals surface area contributed by atoms with Gasteiger partial charge in [0.1, 0.15) is 0 Å². The highest BCUT2D eigenvalue weighted by Crippen LogP contribution is 2.27. The monoisotopic (exact) mass is 379 g/mol. The topological polar surface area (TPSA) is 72.2 Å². The van der Waals surface area contributed by atoms with Crippen LogP contribution in [0.25, 0.3) is 15.9 Å². The number of nitrogens with one attached hydrogen (secondary N) is 1. The molecule has 0 aliphatic rings. The average Bonchev–Trinajstić information content (AvgIpc) is 3.16. The van der Waals surface area contributed by atoms with E-state index in [1.807, 2.05) is 50.4 Å². The Bertz CT molecular complexity index is 1170. The molecule has 27 heavy (non-hydrogen) atoms. The van der Waals surface area contributed by atoms with E-state index in [9.17, 15) is 4.79 Å². The van der Waals surface area contributed by atoms with E-state index < -0.39 is 0 Å². The Morgan fingerprint density at radius 3 is 2.78 bits per heavy atom. The lowest BCUT2D eigenvalue weighted by molar-refractivity contribution is -0.116. The third kappa shape index (κ3) is 3.42. The molecule has 0 saturated carbocycles. The first-order valence-electron chi connectivity index (χ1n) is 8.90. The first kappa shape index (κ1) is 17.6. The van der Waals surface area contributed by atoms with Crippen molar-refractivity contribution >= 4 is 38.2 Å². The van der Waals surface area contributed by atoms with Gasteiger partial charge in [-0.3, -0.25) is 4.79 Å². The van der Waals surface area contributed by atoms with Crippen LogP contribution in [0.1, 0.15) is 34.6 Å². The van der Waals surface area contributed by atoms with Gasteiger partial charge in [0.15, 0.2) is 10.8 Å². The molecular formula is C20H21N5OS. The summed E-state index contributed by atoms with van der Waals surface area (Å²) in [5, 5.41) is 8.06. The largest absolute Gasteiger partial charge is 0.302 e. The van der Waals surface area contributed by atoms with Crippen molar-refractivity contribution in [3.8, 4) is 0 Å². The lowest BCUT2D eigenvalue weighted by atomic mass is 10.1. The van der Waals surface area contributed by atoms with Crippen LogP contribution in [-0.4, -0.2) is 25.5 Å². The summed E-state index contributed by atoms with van der Waals surface area (Å²) in [4.78, 5) is 21.5. The normalized spacial score (nSPS) is 11.4. The summed E-state index contributed by atoms with van der Waals surface area (Å²) in [6, 6.07) is 8.06. The third-order valence-electron chi connectivity index (χ3n) is 4.68. The van der Waals surface area contributed by atoms with Gasteiger partial charge in [-0.05, 0) is 57.4 Å². The van der Waals surface area contributed by atoms with Crippen molar-refractivity contribution in [2.75, 3.05) is 5.32 Å². The van der Waals surface area contributed by atoms with Crippen LogP contribution >= 0.6 is 11.3 Å². The van der Waals surface area contributed by atoms with Crippen LogP contribution in [0.4, 0.5) is 5.13 Å². The fourth-order valence-corrected chi connectivity index (χ4v) is 4.29. The maximum Gasteiger partial charge on any atom is 0.226 e. The van der Waals surface area contributed by atoms with Gasteiger partial charge in [0.05, 0.1) is 15.9 Å². The molecular weight excluding hydrogens is 358 g/mol. The highest BCUT2D eigenvalue weighted by atomic mass is 32.1. The average molecular weight is 379 g/mol. The number of amides is 1. The van der Waals surface area contributed by atoms with Crippen molar-refractivity contribution in [1.82, 2.24) is 19.6 Å². The van der Waals surface area contributed by atoms with Crippen LogP contribution in [0.2, 0.25) is 0 Å². The number of hydrogen-bond acceptors (Lipinski definition) is 5. The van der Waals surface area contributed by atoms with Crippen LogP contribution in [-0.2, 0) is 11.2 Å². The molecule has 4 rings (SSSR count). The molecule has 0 bridgehead atoms. The van der Waals surface area contributed by atoms with Gasteiger partial charge in [-0.25, -0.2) is 14.5 Å². The van der Waals surface area contributed by atoms with Crippen LogP contribution in [0.15, 0.2) is 24.3 Å². The molecule has 0 aliphatic heterocycles. The molecule has 1 amide bonds. The minimum Gasteiger partial charge on any atom is -0.302 e. The molecule has 0 unspecified atom stereocenters. The molecule has 3 aromatic heterocycles. The molecule has 7 heteroatoms. The molecule has 6 nitrogen and oxygen atoms in total. The number of benzene rings is 1. The van der Waals surface area contributed by atoms with E-state index in [0.717, 1.165) is 38.5 Å². The lowest BCUT2D eigenvalue weighted by Crippen LogP contribution is -2.14. The third-order valence-corrected chi connectivity index (χ3v) is 5.61. The quantitative estimate of drug-likeness (QED) is 0.578. The Labute approximate surface area is 161 Å². The summed E-state index contributed by atoms with van der Waals surface area (Å²) >= 11 is 1.50. The molecule has 0 atom stereocenters. The Balaban J connectivity index is 1.49. The van der Waals surface area contributed by atoms with Gasteiger partial charge in [-0.1, -0.05) is 17.4 Å². The number of carbonyl (C=O) groups is 1. The molecule has 1 aromatic carbocycles. The van der Waals surface area contributed by atoms with Crippen molar-refractivity contribution in [2.24, 2.45) is 0 Å². The predicted molar refractivity (Wildman–Crippen MR) is 109 cm³/mol. The zero-order chi connectivity index (χ0) is 19.1. The number of carbonyl (C=O) groups excluding carboxylic acids is 1. The predicted octanol–water partition coefficient (Wildman–Crippen LogP) is 4.14. The molecule has 0 aliphatic carbocycles. The van der Waals surface area contributed by atoms with Crippen LogP contribution < -0.4 is 5.32 Å². The molecule has 0 radical (unpaired) electrons. The minimum atomic E-state index is -0.0404. The van der Waals surface area contributed by atoms with Crippen molar-refractivity contribution in [3.63, 3.8) is 0 Å². The van der Waals surface area contributed by atoms with Crippen molar-refractivity contribution in [2.45, 2.75) is 40.5 Å². The van der Waals surface area contributed by atoms with E-state index in [-0.39, 0.29) is 5.91 Å². The summed E-state index contributed by atoms with van der Waals surface area (Å²) in [7, 11) is 0. The first-order chi connectivity index (χ1) is 12.9. The standard InChI is InChI=1S/C20H21N5OS/c1-11-5-7-16-17(9-11)27-20(22-16)23-19(26)8-6-15-13(3)21-18-10-12(2)24-25(18)14(15)4/h5,7,9-10H,6,8H2,1-4H3,(H,22,23,26). The number of anilines is 1. The zero-order valence-electron chi connectivity index (χ0n) is 15.8. The summed E-state index contributed by atoms with van der Waals surface area (Å²) in [6.07, 6.45) is 0.999. The second-order valence-electron chi connectivity index (χ2n) is 6.86. The van der Waals surface area contributed by atoms with Gasteiger partial charge in [0.25, 0.3) is 0 Å². The smallest absolute Gasteiger partial charge is 0.226 e. The molecule has 0 saturated heterocycles. The highest BCUT2D eigenvalue weighted by molar-refractivity contribution is 7.22. The number of aryl methyl sites for hydroxylation is 4. The number of rotatable bonds is 4. The van der Waals surface area contributed by atoms with Gasteiger partial charge in [0, 0.05) is 23.9 Å². The molecule has 0 fully saturated rings. The molecule has 1 N–H and O–H groups in total. The maximum atomic E-state index is 12.4. The minimum absolute atomic E-state index is 0.0404. The number of fused-ring (bicyclic) bond motifs is 2. The Morgan fingerprint density at radius 1 is 1.15 bits per heavy atom. The molecule has 0 spiro atoms. The van der Waals surface area contributed by atoms with E-state index in [1.54, 1.807) is 0 Å².